The molecule has 0 unspecified atom stereocenters. The summed E-state index contributed by atoms with van der Waals surface area (Å²) < 4.78 is 10.6. The molecule has 25 heavy (non-hydrogen) atoms. The summed E-state index contributed by atoms with van der Waals surface area (Å²) in [6.07, 6.45) is -1.16. The number of nitrogens with two attached hydrogens (primary N) is 1. The lowest BCUT2D eigenvalue weighted by Crippen LogP contribution is -2.45. The van der Waals surface area contributed by atoms with Gasteiger partial charge in [-0.25, -0.2) is 9.59 Å². The Morgan fingerprint density at radius 1 is 1.08 bits per heavy atom. The van der Waals surface area contributed by atoms with Crippen LogP contribution in [0.4, 0.5) is 4.79 Å². The van der Waals surface area contributed by atoms with Crippen LogP contribution in [0.2, 0.25) is 0 Å². The average molecular weight is 344 g/mol. The lowest BCUT2D eigenvalue weighted by atomic mass is 10.0. The second kappa shape index (κ2) is 7.65. The van der Waals surface area contributed by atoms with Crippen molar-refractivity contribution in [1.82, 2.24) is 5.32 Å². The first-order chi connectivity index (χ1) is 11.8. The van der Waals surface area contributed by atoms with Crippen molar-refractivity contribution >= 4 is 28.7 Å². The maximum Gasteiger partial charge on any atom is 0.342 e. The summed E-state index contributed by atoms with van der Waals surface area (Å²) in [6, 6.07) is 9.83. The van der Waals surface area contributed by atoms with Crippen molar-refractivity contribution in [2.24, 2.45) is 11.7 Å². The number of esters is 1. The van der Waals surface area contributed by atoms with E-state index in [0.29, 0.717) is 5.75 Å². The number of imide groups is 1. The summed E-state index contributed by atoms with van der Waals surface area (Å²) in [5.41, 5.74) is 5.14. The topological polar surface area (TPSA) is 108 Å². The molecule has 1 atom stereocenters. The third-order valence-electron chi connectivity index (χ3n) is 3.63. The van der Waals surface area contributed by atoms with Crippen molar-refractivity contribution in [2.45, 2.75) is 20.0 Å². The fraction of sp³-hybridized carbons (Fsp3) is 0.278. The fourth-order valence-electron chi connectivity index (χ4n) is 2.41. The molecule has 0 spiro atoms. The van der Waals surface area contributed by atoms with E-state index in [4.69, 9.17) is 15.2 Å². The van der Waals surface area contributed by atoms with Crippen LogP contribution in [0.25, 0.3) is 10.8 Å². The van der Waals surface area contributed by atoms with Gasteiger partial charge in [0.15, 0.2) is 6.10 Å². The van der Waals surface area contributed by atoms with Crippen LogP contribution >= 0.6 is 0 Å². The number of rotatable bonds is 5. The van der Waals surface area contributed by atoms with E-state index < -0.39 is 24.0 Å². The Morgan fingerprint density at radius 3 is 2.20 bits per heavy atom. The maximum atomic E-state index is 12.6. The maximum absolute atomic E-state index is 12.6. The number of hydrogen-bond donors (Lipinski definition) is 2. The Bertz CT molecular complexity index is 816. The Kier molecular flexibility index (Phi) is 5.59. The van der Waals surface area contributed by atoms with E-state index in [2.05, 4.69) is 0 Å². The van der Waals surface area contributed by atoms with Gasteiger partial charge in [-0.15, -0.1) is 0 Å². The minimum atomic E-state index is -1.16. The van der Waals surface area contributed by atoms with Crippen LogP contribution in [0, 0.1) is 5.92 Å². The number of carbonyl (C=O) groups excluding carboxylic acids is 3. The number of benzene rings is 2. The third kappa shape index (κ3) is 4.26. The number of fused-ring (bicyclic) bond motifs is 1. The van der Waals surface area contributed by atoms with Crippen LogP contribution in [0.1, 0.15) is 24.2 Å². The fourth-order valence-corrected chi connectivity index (χ4v) is 2.41. The molecule has 2 rings (SSSR count). The van der Waals surface area contributed by atoms with Crippen LogP contribution < -0.4 is 15.8 Å². The van der Waals surface area contributed by atoms with E-state index in [-0.39, 0.29) is 11.5 Å². The standard InChI is InChI=1S/C18H20N2O5/c1-10(2)15(16(21)20-18(19)23)25-17(22)13-8-11-6-4-5-7-12(11)9-14(13)24-3/h4-10,15H,1-3H3,(H3,19,20,21,23)/t15-/m0/s1. The molecule has 0 heterocycles. The van der Waals surface area contributed by atoms with Gasteiger partial charge in [0.1, 0.15) is 11.3 Å². The van der Waals surface area contributed by atoms with Crippen molar-refractivity contribution in [1.29, 1.82) is 0 Å². The molecule has 3 amide bonds. The number of hydrogen-bond acceptors (Lipinski definition) is 5. The summed E-state index contributed by atoms with van der Waals surface area (Å²) in [4.78, 5) is 35.5. The first-order valence-corrected chi connectivity index (χ1v) is 7.71. The van der Waals surface area contributed by atoms with Gasteiger partial charge in [0.05, 0.1) is 7.11 Å². The predicted molar refractivity (Wildman–Crippen MR) is 92.3 cm³/mol. The molecule has 0 saturated carbocycles. The van der Waals surface area contributed by atoms with E-state index in [1.54, 1.807) is 26.0 Å². The van der Waals surface area contributed by atoms with E-state index in [1.165, 1.54) is 7.11 Å². The minimum Gasteiger partial charge on any atom is -0.496 e. The van der Waals surface area contributed by atoms with Gasteiger partial charge in [-0.1, -0.05) is 38.1 Å². The molecule has 132 valence electrons. The Morgan fingerprint density at radius 2 is 1.68 bits per heavy atom. The first-order valence-electron chi connectivity index (χ1n) is 7.71. The molecule has 0 aliphatic heterocycles. The van der Waals surface area contributed by atoms with Gasteiger partial charge < -0.3 is 15.2 Å². The summed E-state index contributed by atoms with van der Waals surface area (Å²) >= 11 is 0. The summed E-state index contributed by atoms with van der Waals surface area (Å²) in [6.45, 7) is 3.38. The number of nitrogens with one attached hydrogen (secondary N) is 1. The van der Waals surface area contributed by atoms with Crippen molar-refractivity contribution in [2.75, 3.05) is 7.11 Å². The van der Waals surface area contributed by atoms with Crippen molar-refractivity contribution < 1.29 is 23.9 Å². The van der Waals surface area contributed by atoms with Gasteiger partial charge in [-0.05, 0) is 28.8 Å². The zero-order chi connectivity index (χ0) is 18.6. The van der Waals surface area contributed by atoms with Crippen LogP contribution in [0.15, 0.2) is 36.4 Å². The van der Waals surface area contributed by atoms with E-state index in [0.717, 1.165) is 10.8 Å². The molecule has 0 radical (unpaired) electrons. The molecule has 0 bridgehead atoms. The smallest absolute Gasteiger partial charge is 0.342 e. The number of methoxy groups -OCH3 is 1. The van der Waals surface area contributed by atoms with E-state index in [1.807, 2.05) is 29.6 Å². The second-order valence-electron chi connectivity index (χ2n) is 5.82. The molecule has 7 heteroatoms. The van der Waals surface area contributed by atoms with Gasteiger partial charge in [0.2, 0.25) is 0 Å². The van der Waals surface area contributed by atoms with Gasteiger partial charge >= 0.3 is 12.0 Å². The monoisotopic (exact) mass is 344 g/mol. The van der Waals surface area contributed by atoms with Crippen molar-refractivity contribution in [3.63, 3.8) is 0 Å². The third-order valence-corrected chi connectivity index (χ3v) is 3.63. The number of carbonyl (C=O) groups is 3. The van der Waals surface area contributed by atoms with Crippen LogP contribution in [-0.2, 0) is 9.53 Å². The summed E-state index contributed by atoms with van der Waals surface area (Å²) in [7, 11) is 1.45. The number of primary amides is 1. The number of ether oxygens (including phenoxy) is 2. The molecule has 2 aromatic carbocycles. The van der Waals surface area contributed by atoms with Gasteiger partial charge in [0.25, 0.3) is 5.91 Å². The minimum absolute atomic E-state index is 0.193. The molecule has 0 fully saturated rings. The summed E-state index contributed by atoms with van der Waals surface area (Å²) in [5.74, 6) is -1.51. The first kappa shape index (κ1) is 18.3. The molecule has 7 nitrogen and oxygen atoms in total. The van der Waals surface area contributed by atoms with E-state index in [9.17, 15) is 14.4 Å². The molecule has 3 N–H and O–H groups in total. The highest BCUT2D eigenvalue weighted by atomic mass is 16.6. The molecular weight excluding hydrogens is 324 g/mol. The zero-order valence-electron chi connectivity index (χ0n) is 14.2. The highest BCUT2D eigenvalue weighted by molar-refractivity contribution is 6.01. The zero-order valence-corrected chi connectivity index (χ0v) is 14.2. The Labute approximate surface area is 145 Å². The lowest BCUT2D eigenvalue weighted by molar-refractivity contribution is -0.130. The van der Waals surface area contributed by atoms with Crippen LogP contribution in [0.3, 0.4) is 0 Å². The van der Waals surface area contributed by atoms with E-state index >= 15 is 0 Å². The Hall–Kier alpha value is -3.09. The normalized spacial score (nSPS) is 11.8. The quantitative estimate of drug-likeness (QED) is 0.809. The molecule has 0 aliphatic rings. The van der Waals surface area contributed by atoms with Gasteiger partial charge in [0, 0.05) is 0 Å². The molecule has 0 aliphatic carbocycles. The molecule has 0 saturated heterocycles. The van der Waals surface area contributed by atoms with Crippen LogP contribution in [-0.4, -0.2) is 31.1 Å². The number of urea groups is 1. The predicted octanol–water partition coefficient (Wildman–Crippen LogP) is 2.22. The van der Waals surface area contributed by atoms with Crippen molar-refractivity contribution in [3.8, 4) is 5.75 Å². The molecular formula is C18H20N2O5. The average Bonchev–Trinajstić information content (AvgIpc) is 2.57. The SMILES string of the molecule is COc1cc2ccccc2cc1C(=O)O[C@H](C(=O)NC(N)=O)C(C)C. The molecule has 2 aromatic rings. The largest absolute Gasteiger partial charge is 0.496 e. The Balaban J connectivity index is 2.33. The van der Waals surface area contributed by atoms with Crippen LogP contribution in [0.5, 0.6) is 5.75 Å². The van der Waals surface area contributed by atoms with Gasteiger partial charge in [-0.3, -0.25) is 10.1 Å². The number of amides is 3. The summed E-state index contributed by atoms with van der Waals surface area (Å²) in [5, 5.41) is 3.67. The lowest BCUT2D eigenvalue weighted by Gasteiger charge is -2.20. The second-order valence-corrected chi connectivity index (χ2v) is 5.82. The molecule has 0 aromatic heterocycles. The highest BCUT2D eigenvalue weighted by Gasteiger charge is 2.29. The highest BCUT2D eigenvalue weighted by Crippen LogP contribution is 2.27. The van der Waals surface area contributed by atoms with Crippen molar-refractivity contribution in [3.05, 3.63) is 42.0 Å². The van der Waals surface area contributed by atoms with Gasteiger partial charge in [-0.2, -0.15) is 0 Å².